The van der Waals surface area contributed by atoms with E-state index in [9.17, 15) is 18.7 Å². The lowest BCUT2D eigenvalue weighted by Crippen LogP contribution is -2.33. The van der Waals surface area contributed by atoms with Crippen LogP contribution in [0.2, 0.25) is 0 Å². The van der Waals surface area contributed by atoms with E-state index in [4.69, 9.17) is 16.3 Å². The van der Waals surface area contributed by atoms with Gasteiger partial charge in [-0.3, -0.25) is 4.79 Å². The second-order valence-corrected chi connectivity index (χ2v) is 7.44. The van der Waals surface area contributed by atoms with Gasteiger partial charge in [-0.05, 0) is 31.3 Å². The minimum atomic E-state index is -3.17. The summed E-state index contributed by atoms with van der Waals surface area (Å²) in [6, 6.07) is 7.36. The number of nitrogens with zero attached hydrogens (tertiary/aromatic N) is 3. The second kappa shape index (κ2) is 12.0. The van der Waals surface area contributed by atoms with E-state index in [1.54, 1.807) is 13.0 Å². The fourth-order valence-electron chi connectivity index (χ4n) is 3.04. The van der Waals surface area contributed by atoms with Gasteiger partial charge in [0.2, 0.25) is 5.96 Å². The standard InChI is InChI=1S/C21H30F2N6O3/c1-15-12-26-18(27-14-21(22,23)16-8-4-2-5-9-16)19(31)29(15)13-17(30)10-6-3-7-11-32-28-20(24)25/h2,4-5,8-9,12,17,30H,3,6-7,10-11,13-14H2,1H3,(H,26,27)(H4,24,25,28). The van der Waals surface area contributed by atoms with Crippen LogP contribution in [0.5, 0.6) is 0 Å². The molecule has 0 amide bonds. The third kappa shape index (κ3) is 7.80. The molecule has 2 rings (SSSR count). The first kappa shape index (κ1) is 25.1. The number of hydrogen-bond donors (Lipinski definition) is 4. The fraction of sp³-hybridized carbons (Fsp3) is 0.476. The lowest BCUT2D eigenvalue weighted by Gasteiger charge is -2.19. The van der Waals surface area contributed by atoms with Gasteiger partial charge < -0.3 is 31.3 Å². The minimum absolute atomic E-state index is 0.0431. The molecule has 0 aliphatic carbocycles. The molecular weight excluding hydrogens is 422 g/mol. The van der Waals surface area contributed by atoms with Crippen LogP contribution in [-0.4, -0.2) is 39.9 Å². The maximum Gasteiger partial charge on any atom is 0.293 e. The minimum Gasteiger partial charge on any atom is -0.393 e. The van der Waals surface area contributed by atoms with Gasteiger partial charge in [0, 0.05) is 17.5 Å². The summed E-state index contributed by atoms with van der Waals surface area (Å²) in [7, 11) is 0. The monoisotopic (exact) mass is 452 g/mol. The van der Waals surface area contributed by atoms with Crippen molar-refractivity contribution < 1.29 is 18.7 Å². The SMILES string of the molecule is Cc1cnc(NCC(F)(F)c2ccccc2)c(=O)n1CC(O)CCCCCON=C(N)N. The molecule has 0 bridgehead atoms. The van der Waals surface area contributed by atoms with Crippen LogP contribution >= 0.6 is 0 Å². The van der Waals surface area contributed by atoms with Crippen LogP contribution in [0.25, 0.3) is 0 Å². The highest BCUT2D eigenvalue weighted by atomic mass is 19.3. The number of benzene rings is 1. The molecule has 32 heavy (non-hydrogen) atoms. The molecule has 0 fully saturated rings. The molecule has 0 aliphatic rings. The summed E-state index contributed by atoms with van der Waals surface area (Å²) in [5, 5.41) is 16.2. The molecule has 1 aromatic heterocycles. The predicted octanol–water partition coefficient (Wildman–Crippen LogP) is 1.88. The molecule has 1 heterocycles. The zero-order valence-corrected chi connectivity index (χ0v) is 18.0. The zero-order chi connectivity index (χ0) is 23.6. The number of alkyl halides is 2. The first-order valence-corrected chi connectivity index (χ1v) is 10.3. The number of nitrogens with one attached hydrogen (secondary N) is 1. The summed E-state index contributed by atoms with van der Waals surface area (Å²) >= 11 is 0. The first-order chi connectivity index (χ1) is 15.2. The summed E-state index contributed by atoms with van der Waals surface area (Å²) in [6.07, 6.45) is 3.30. The van der Waals surface area contributed by atoms with Crippen molar-refractivity contribution in [2.24, 2.45) is 16.6 Å². The van der Waals surface area contributed by atoms with Crippen LogP contribution in [-0.2, 0) is 17.3 Å². The number of nitrogens with two attached hydrogens (primary N) is 2. The van der Waals surface area contributed by atoms with E-state index in [-0.39, 0.29) is 23.9 Å². The van der Waals surface area contributed by atoms with Crippen molar-refractivity contribution in [3.05, 3.63) is 58.1 Å². The largest absolute Gasteiger partial charge is 0.393 e. The van der Waals surface area contributed by atoms with Crippen molar-refractivity contribution in [1.82, 2.24) is 9.55 Å². The van der Waals surface area contributed by atoms with Crippen LogP contribution in [0.4, 0.5) is 14.6 Å². The number of anilines is 1. The molecule has 0 aliphatic heterocycles. The Labute approximate surface area is 185 Å². The van der Waals surface area contributed by atoms with Crippen molar-refractivity contribution in [1.29, 1.82) is 0 Å². The predicted molar refractivity (Wildman–Crippen MR) is 118 cm³/mol. The number of guanidine groups is 1. The number of aryl methyl sites for hydroxylation is 1. The van der Waals surface area contributed by atoms with Gasteiger partial charge in [-0.15, -0.1) is 0 Å². The third-order valence-electron chi connectivity index (χ3n) is 4.76. The van der Waals surface area contributed by atoms with Crippen LogP contribution in [0.15, 0.2) is 46.5 Å². The van der Waals surface area contributed by atoms with E-state index < -0.39 is 24.1 Å². The molecule has 0 spiro atoms. The van der Waals surface area contributed by atoms with Crippen LogP contribution < -0.4 is 22.3 Å². The van der Waals surface area contributed by atoms with E-state index in [2.05, 4.69) is 15.5 Å². The highest BCUT2D eigenvalue weighted by Gasteiger charge is 2.31. The number of halogens is 2. The van der Waals surface area contributed by atoms with Crippen molar-refractivity contribution in [3.8, 4) is 0 Å². The van der Waals surface area contributed by atoms with Crippen molar-refractivity contribution >= 4 is 11.8 Å². The van der Waals surface area contributed by atoms with E-state index in [0.29, 0.717) is 31.6 Å². The summed E-state index contributed by atoms with van der Waals surface area (Å²) < 4.78 is 30.1. The Morgan fingerprint density at radius 3 is 2.69 bits per heavy atom. The van der Waals surface area contributed by atoms with Crippen LogP contribution in [0.1, 0.15) is 36.9 Å². The van der Waals surface area contributed by atoms with Gasteiger partial charge >= 0.3 is 0 Å². The van der Waals surface area contributed by atoms with Crippen molar-refractivity contribution in [2.45, 2.75) is 51.2 Å². The van der Waals surface area contributed by atoms with Crippen LogP contribution in [0.3, 0.4) is 0 Å². The van der Waals surface area contributed by atoms with Gasteiger partial charge in [0.05, 0.1) is 19.2 Å². The molecule has 1 unspecified atom stereocenters. The molecule has 1 atom stereocenters. The fourth-order valence-corrected chi connectivity index (χ4v) is 3.04. The number of aliphatic hydroxyl groups is 1. The molecule has 0 saturated heterocycles. The van der Waals surface area contributed by atoms with Crippen molar-refractivity contribution in [2.75, 3.05) is 18.5 Å². The number of unbranched alkanes of at least 4 members (excludes halogenated alkanes) is 2. The average molecular weight is 453 g/mol. The Bertz CT molecular complexity index is 933. The molecule has 176 valence electrons. The van der Waals surface area contributed by atoms with Gasteiger partial charge in [0.15, 0.2) is 5.82 Å². The third-order valence-corrected chi connectivity index (χ3v) is 4.76. The van der Waals surface area contributed by atoms with E-state index >= 15 is 0 Å². The molecule has 6 N–H and O–H groups in total. The lowest BCUT2D eigenvalue weighted by molar-refractivity contribution is 0.0105. The van der Waals surface area contributed by atoms with E-state index in [1.807, 2.05) is 0 Å². The average Bonchev–Trinajstić information content (AvgIpc) is 2.76. The number of oxime groups is 1. The Morgan fingerprint density at radius 1 is 1.28 bits per heavy atom. The lowest BCUT2D eigenvalue weighted by atomic mass is 10.1. The topological polar surface area (TPSA) is 141 Å². The highest BCUT2D eigenvalue weighted by molar-refractivity contribution is 5.74. The zero-order valence-electron chi connectivity index (χ0n) is 18.0. The second-order valence-electron chi connectivity index (χ2n) is 7.44. The molecule has 2 aromatic rings. The highest BCUT2D eigenvalue weighted by Crippen LogP contribution is 2.27. The molecule has 0 radical (unpaired) electrons. The summed E-state index contributed by atoms with van der Waals surface area (Å²) in [6.45, 7) is 1.30. The Balaban J connectivity index is 1.89. The van der Waals surface area contributed by atoms with Gasteiger partial charge in [0.25, 0.3) is 11.5 Å². The quantitative estimate of drug-likeness (QED) is 0.157. The smallest absolute Gasteiger partial charge is 0.293 e. The Morgan fingerprint density at radius 2 is 2.00 bits per heavy atom. The van der Waals surface area contributed by atoms with E-state index in [0.717, 1.165) is 6.42 Å². The van der Waals surface area contributed by atoms with Gasteiger partial charge in [-0.2, -0.15) is 8.78 Å². The Hall–Kier alpha value is -3.21. The van der Waals surface area contributed by atoms with Crippen LogP contribution in [0, 0.1) is 6.92 Å². The van der Waals surface area contributed by atoms with Gasteiger partial charge in [-0.1, -0.05) is 36.8 Å². The maximum absolute atomic E-state index is 14.4. The summed E-state index contributed by atoms with van der Waals surface area (Å²) in [4.78, 5) is 21.6. The maximum atomic E-state index is 14.4. The number of hydrogen-bond acceptors (Lipinski definition) is 6. The van der Waals surface area contributed by atoms with Gasteiger partial charge in [-0.25, -0.2) is 4.98 Å². The normalized spacial score (nSPS) is 12.2. The molecule has 0 saturated carbocycles. The van der Waals surface area contributed by atoms with Crippen molar-refractivity contribution in [3.63, 3.8) is 0 Å². The Kier molecular flexibility index (Phi) is 9.39. The summed E-state index contributed by atoms with van der Waals surface area (Å²) in [5.41, 5.74) is 10.1. The van der Waals surface area contributed by atoms with E-state index in [1.165, 1.54) is 35.0 Å². The molecular formula is C21H30F2N6O3. The number of aliphatic hydroxyl groups excluding tert-OH is 1. The number of aromatic nitrogens is 2. The molecule has 11 heteroatoms. The van der Waals surface area contributed by atoms with Gasteiger partial charge in [0.1, 0.15) is 6.61 Å². The number of rotatable bonds is 13. The summed E-state index contributed by atoms with van der Waals surface area (Å²) in [5.74, 6) is -3.50. The first-order valence-electron chi connectivity index (χ1n) is 10.3. The molecule has 1 aromatic carbocycles. The molecule has 9 nitrogen and oxygen atoms in total.